The van der Waals surface area contributed by atoms with Crippen LogP contribution in [0.5, 0.6) is 0 Å². The first kappa shape index (κ1) is 12.0. The average Bonchev–Trinajstić information content (AvgIpc) is 2.75. The van der Waals surface area contributed by atoms with Gasteiger partial charge in [0.2, 0.25) is 0 Å². The summed E-state index contributed by atoms with van der Waals surface area (Å²) in [5, 5.41) is 4.77. The molecule has 0 bridgehead atoms. The van der Waals surface area contributed by atoms with Crippen LogP contribution in [0.4, 0.5) is 0 Å². The Balaban J connectivity index is 2.22. The number of nitrogens with one attached hydrogen (secondary N) is 1. The molecule has 0 aliphatic carbocycles. The van der Waals surface area contributed by atoms with Gasteiger partial charge < -0.3 is 0 Å². The minimum Gasteiger partial charge on any atom is -0.271 e. The van der Waals surface area contributed by atoms with E-state index in [-0.39, 0.29) is 6.04 Å². The lowest BCUT2D eigenvalue weighted by Gasteiger charge is -2.16. The number of rotatable bonds is 4. The second-order valence-electron chi connectivity index (χ2n) is 3.77. The highest BCUT2D eigenvalue weighted by Crippen LogP contribution is 2.21. The predicted octanol–water partition coefficient (Wildman–Crippen LogP) is 1.22. The van der Waals surface area contributed by atoms with Crippen molar-refractivity contribution < 1.29 is 0 Å². The summed E-state index contributed by atoms with van der Waals surface area (Å²) in [6.45, 7) is 0. The molecule has 2 rings (SSSR count). The Labute approximate surface area is 105 Å². The van der Waals surface area contributed by atoms with Gasteiger partial charge in [0, 0.05) is 25.6 Å². The molecular formula is C11H14ClN5. The first-order chi connectivity index (χ1) is 8.22. The van der Waals surface area contributed by atoms with Crippen molar-refractivity contribution in [3.8, 4) is 0 Å². The second kappa shape index (κ2) is 5.27. The zero-order valence-corrected chi connectivity index (χ0v) is 10.2. The van der Waals surface area contributed by atoms with Crippen LogP contribution in [-0.2, 0) is 13.5 Å². The molecule has 2 aromatic heterocycles. The lowest BCUT2D eigenvalue weighted by Crippen LogP contribution is -2.31. The molecule has 0 radical (unpaired) electrons. The highest BCUT2D eigenvalue weighted by atomic mass is 35.5. The molecule has 17 heavy (non-hydrogen) atoms. The Hall–Kier alpha value is -1.43. The molecule has 0 amide bonds. The van der Waals surface area contributed by atoms with E-state index in [0.29, 0.717) is 11.4 Å². The number of halogens is 1. The van der Waals surface area contributed by atoms with E-state index in [9.17, 15) is 0 Å². The van der Waals surface area contributed by atoms with Crippen molar-refractivity contribution in [1.82, 2.24) is 20.2 Å². The molecule has 0 fully saturated rings. The molecule has 2 aromatic rings. The van der Waals surface area contributed by atoms with E-state index in [4.69, 9.17) is 17.4 Å². The van der Waals surface area contributed by atoms with Crippen molar-refractivity contribution >= 4 is 11.6 Å². The summed E-state index contributed by atoms with van der Waals surface area (Å²) >= 11 is 6.07. The fraction of sp³-hybridized carbons (Fsp3) is 0.273. The van der Waals surface area contributed by atoms with Crippen LogP contribution >= 0.6 is 11.6 Å². The summed E-state index contributed by atoms with van der Waals surface area (Å²) < 4.78 is 1.79. The third-order valence-electron chi connectivity index (χ3n) is 2.70. The largest absolute Gasteiger partial charge is 0.271 e. The maximum atomic E-state index is 6.07. The Morgan fingerprint density at radius 1 is 1.47 bits per heavy atom. The number of hydrazine groups is 1. The van der Waals surface area contributed by atoms with Crippen LogP contribution in [0.25, 0.3) is 0 Å². The summed E-state index contributed by atoms with van der Waals surface area (Å²) in [5.74, 6) is 5.58. The lowest BCUT2D eigenvalue weighted by atomic mass is 10.1. The van der Waals surface area contributed by atoms with Gasteiger partial charge in [0.05, 0.1) is 16.8 Å². The topological polar surface area (TPSA) is 68.8 Å². The third kappa shape index (κ3) is 2.63. The lowest BCUT2D eigenvalue weighted by molar-refractivity contribution is 0.508. The molecule has 0 aromatic carbocycles. The number of hydrogen-bond donors (Lipinski definition) is 2. The number of nitrogens with zero attached hydrogens (tertiary/aromatic N) is 3. The molecule has 6 heteroatoms. The molecule has 90 valence electrons. The molecule has 2 heterocycles. The van der Waals surface area contributed by atoms with E-state index in [1.165, 1.54) is 0 Å². The number of pyridine rings is 1. The van der Waals surface area contributed by atoms with Crippen LogP contribution < -0.4 is 11.3 Å². The number of aromatic nitrogens is 3. The number of aryl methyl sites for hydroxylation is 1. The van der Waals surface area contributed by atoms with Gasteiger partial charge in [-0.2, -0.15) is 5.10 Å². The first-order valence-corrected chi connectivity index (χ1v) is 5.62. The molecular weight excluding hydrogens is 238 g/mol. The van der Waals surface area contributed by atoms with Crippen molar-refractivity contribution in [2.45, 2.75) is 12.5 Å². The summed E-state index contributed by atoms with van der Waals surface area (Å²) in [5.41, 5.74) is 4.80. The van der Waals surface area contributed by atoms with Gasteiger partial charge in [0.15, 0.2) is 0 Å². The van der Waals surface area contributed by atoms with Crippen molar-refractivity contribution in [3.63, 3.8) is 0 Å². The van der Waals surface area contributed by atoms with Crippen LogP contribution in [0.2, 0.25) is 5.02 Å². The van der Waals surface area contributed by atoms with Crippen LogP contribution in [0.3, 0.4) is 0 Å². The van der Waals surface area contributed by atoms with Gasteiger partial charge in [-0.15, -0.1) is 0 Å². The summed E-state index contributed by atoms with van der Waals surface area (Å²) in [4.78, 5) is 3.96. The molecule has 0 aliphatic heterocycles. The molecule has 0 aliphatic rings. The highest BCUT2D eigenvalue weighted by Gasteiger charge is 2.15. The molecule has 3 N–H and O–H groups in total. The van der Waals surface area contributed by atoms with Gasteiger partial charge in [-0.3, -0.25) is 20.9 Å². The Bertz CT molecular complexity index is 496. The Morgan fingerprint density at radius 2 is 2.29 bits per heavy atom. The van der Waals surface area contributed by atoms with E-state index in [2.05, 4.69) is 15.5 Å². The van der Waals surface area contributed by atoms with Crippen LogP contribution in [0.15, 0.2) is 30.7 Å². The van der Waals surface area contributed by atoms with Crippen molar-refractivity contribution in [3.05, 3.63) is 47.0 Å². The summed E-state index contributed by atoms with van der Waals surface area (Å²) in [6.07, 6.45) is 5.79. The van der Waals surface area contributed by atoms with Gasteiger partial charge in [-0.05, 0) is 24.1 Å². The summed E-state index contributed by atoms with van der Waals surface area (Å²) in [6, 6.07) is 3.80. The molecule has 1 unspecified atom stereocenters. The number of nitrogens with two attached hydrogens (primary N) is 1. The van der Waals surface area contributed by atoms with E-state index in [1.807, 2.05) is 19.2 Å². The predicted molar refractivity (Wildman–Crippen MR) is 66.2 cm³/mol. The Kier molecular flexibility index (Phi) is 3.73. The van der Waals surface area contributed by atoms with E-state index in [1.54, 1.807) is 23.3 Å². The molecule has 5 nitrogen and oxygen atoms in total. The maximum absolute atomic E-state index is 6.07. The molecule has 0 spiro atoms. The minimum absolute atomic E-state index is 0.0256. The smallest absolute Gasteiger partial charge is 0.0669 e. The molecule has 1 atom stereocenters. The zero-order chi connectivity index (χ0) is 12.3. The highest BCUT2D eigenvalue weighted by molar-refractivity contribution is 6.31. The molecule has 0 saturated heterocycles. The quantitative estimate of drug-likeness (QED) is 0.633. The number of hydrogen-bond acceptors (Lipinski definition) is 4. The van der Waals surface area contributed by atoms with Gasteiger partial charge in [-0.1, -0.05) is 11.6 Å². The summed E-state index contributed by atoms with van der Waals surface area (Å²) in [7, 11) is 1.88. The van der Waals surface area contributed by atoms with Crippen LogP contribution in [0.1, 0.15) is 17.3 Å². The van der Waals surface area contributed by atoms with Gasteiger partial charge in [-0.25, -0.2) is 0 Å². The third-order valence-corrected chi connectivity index (χ3v) is 3.04. The minimum atomic E-state index is -0.0256. The standard InChI is InChI=1S/C11H14ClN5/c1-17-11(3-5-15-17)10(16-13)6-8-2-4-14-7-9(8)12/h2-5,7,10,16H,6,13H2,1H3. The normalized spacial score (nSPS) is 12.6. The van der Waals surface area contributed by atoms with E-state index in [0.717, 1.165) is 11.3 Å². The van der Waals surface area contributed by atoms with E-state index >= 15 is 0 Å². The maximum Gasteiger partial charge on any atom is 0.0669 e. The van der Waals surface area contributed by atoms with Gasteiger partial charge >= 0.3 is 0 Å². The van der Waals surface area contributed by atoms with Crippen molar-refractivity contribution in [2.75, 3.05) is 0 Å². The SMILES string of the molecule is Cn1nccc1C(Cc1ccncc1Cl)NN. The average molecular weight is 252 g/mol. The zero-order valence-electron chi connectivity index (χ0n) is 9.47. The fourth-order valence-corrected chi connectivity index (χ4v) is 1.96. The monoisotopic (exact) mass is 251 g/mol. The van der Waals surface area contributed by atoms with Gasteiger partial charge in [0.25, 0.3) is 0 Å². The van der Waals surface area contributed by atoms with Crippen molar-refractivity contribution in [2.24, 2.45) is 12.9 Å². The van der Waals surface area contributed by atoms with Crippen molar-refractivity contribution in [1.29, 1.82) is 0 Å². The fourth-order valence-electron chi connectivity index (χ4n) is 1.76. The van der Waals surface area contributed by atoms with Crippen LogP contribution in [0, 0.1) is 0 Å². The van der Waals surface area contributed by atoms with Gasteiger partial charge in [0.1, 0.15) is 0 Å². The van der Waals surface area contributed by atoms with Crippen LogP contribution in [-0.4, -0.2) is 14.8 Å². The first-order valence-electron chi connectivity index (χ1n) is 5.24. The second-order valence-corrected chi connectivity index (χ2v) is 4.18. The molecule has 0 saturated carbocycles. The Morgan fingerprint density at radius 3 is 2.88 bits per heavy atom. The van der Waals surface area contributed by atoms with E-state index < -0.39 is 0 Å².